The van der Waals surface area contributed by atoms with Gasteiger partial charge in [-0.05, 0) is 54.8 Å². The van der Waals surface area contributed by atoms with Crippen LogP contribution in [0.4, 0.5) is 11.5 Å². The number of phenolic OH excluding ortho intramolecular Hbond substituents is 1. The van der Waals surface area contributed by atoms with Crippen LogP contribution in [0.5, 0.6) is 5.75 Å². The molecule has 13 heteroatoms. The van der Waals surface area contributed by atoms with Gasteiger partial charge in [0, 0.05) is 44.5 Å². The minimum atomic E-state index is -2.95. The zero-order chi connectivity index (χ0) is 30.6. The number of likely N-dealkylation sites (tertiary alicyclic amines) is 1. The van der Waals surface area contributed by atoms with Gasteiger partial charge in [0.15, 0.2) is 9.84 Å². The summed E-state index contributed by atoms with van der Waals surface area (Å²) in [5.41, 5.74) is 1.08. The van der Waals surface area contributed by atoms with Crippen molar-refractivity contribution in [1.29, 1.82) is 0 Å². The zero-order valence-electron chi connectivity index (χ0n) is 23.3. The maximum atomic E-state index is 13.3. The molecule has 1 atom stereocenters. The Bertz CT molecular complexity index is 1600. The van der Waals surface area contributed by atoms with Crippen LogP contribution in [0.3, 0.4) is 0 Å². The van der Waals surface area contributed by atoms with Gasteiger partial charge in [0.25, 0.3) is 11.8 Å². The maximum absolute atomic E-state index is 13.3. The Morgan fingerprint density at radius 1 is 0.953 bits per heavy atom. The number of phenols is 1. The highest BCUT2D eigenvalue weighted by atomic mass is 35.5. The fraction of sp³-hybridized carbons (Fsp3) is 0.333. The second-order valence-electron chi connectivity index (χ2n) is 10.6. The van der Waals surface area contributed by atoms with Crippen LogP contribution in [-0.2, 0) is 14.6 Å². The number of aromatic nitrogens is 1. The average molecular weight is 626 g/mol. The third-order valence-corrected chi connectivity index (χ3v) is 9.56. The first-order chi connectivity index (χ1) is 20.6. The molecule has 1 unspecified atom stereocenters. The summed E-state index contributed by atoms with van der Waals surface area (Å²) in [5, 5.41) is 16.1. The molecule has 3 amide bonds. The zero-order valence-corrected chi connectivity index (χ0v) is 24.9. The van der Waals surface area contributed by atoms with E-state index in [0.717, 1.165) is 12.0 Å². The standard InChI is InChI=1S/C30H32ClN5O6S/c31-22-10-11-26(32-19-22)33-29(39)24-3-1-5-25(37)27(24)34-28(38)21-8-6-20(7-9-21)23-4-2-12-36(30(23)40)14-13-35-15-17-43(41,42)18-16-35/h1,3,5-11,19,23,37H,2,4,12-18H2,(H,34,38)(H,32,33,39). The fourth-order valence-corrected chi connectivity index (χ4v) is 6.64. The summed E-state index contributed by atoms with van der Waals surface area (Å²) in [7, 11) is -2.95. The number of benzene rings is 2. The van der Waals surface area contributed by atoms with Gasteiger partial charge in [0.05, 0.1) is 33.7 Å². The number of halogens is 1. The van der Waals surface area contributed by atoms with Crippen molar-refractivity contribution in [2.45, 2.75) is 18.8 Å². The van der Waals surface area contributed by atoms with Crippen molar-refractivity contribution in [3.63, 3.8) is 0 Å². The molecule has 2 aliphatic heterocycles. The van der Waals surface area contributed by atoms with E-state index in [2.05, 4.69) is 20.5 Å². The van der Waals surface area contributed by atoms with E-state index < -0.39 is 21.7 Å². The van der Waals surface area contributed by atoms with Gasteiger partial charge in [-0.2, -0.15) is 0 Å². The molecule has 226 valence electrons. The van der Waals surface area contributed by atoms with Crippen molar-refractivity contribution in [2.75, 3.05) is 54.9 Å². The summed E-state index contributed by atoms with van der Waals surface area (Å²) in [4.78, 5) is 47.3. The molecular weight excluding hydrogens is 594 g/mol. The van der Waals surface area contributed by atoms with E-state index in [4.69, 9.17) is 11.6 Å². The molecule has 2 saturated heterocycles. The summed E-state index contributed by atoms with van der Waals surface area (Å²) < 4.78 is 23.4. The van der Waals surface area contributed by atoms with Crippen LogP contribution in [0.25, 0.3) is 0 Å². The minimum absolute atomic E-state index is 0.0214. The molecule has 43 heavy (non-hydrogen) atoms. The number of para-hydroxylation sites is 1. The molecule has 2 aliphatic rings. The van der Waals surface area contributed by atoms with Crippen LogP contribution < -0.4 is 10.6 Å². The molecule has 0 bridgehead atoms. The van der Waals surface area contributed by atoms with Gasteiger partial charge in [0.1, 0.15) is 11.6 Å². The number of hydrogen-bond acceptors (Lipinski definition) is 8. The lowest BCUT2D eigenvalue weighted by Gasteiger charge is -2.35. The van der Waals surface area contributed by atoms with Crippen molar-refractivity contribution in [3.05, 3.63) is 82.5 Å². The lowest BCUT2D eigenvalue weighted by atomic mass is 9.89. The second kappa shape index (κ2) is 13.1. The van der Waals surface area contributed by atoms with Gasteiger partial charge in [-0.15, -0.1) is 0 Å². The highest BCUT2D eigenvalue weighted by Crippen LogP contribution is 2.30. The molecule has 0 aliphatic carbocycles. The summed E-state index contributed by atoms with van der Waals surface area (Å²) in [6.45, 7) is 2.82. The Hall–Kier alpha value is -4.00. The van der Waals surface area contributed by atoms with E-state index in [1.165, 1.54) is 30.5 Å². The van der Waals surface area contributed by atoms with E-state index >= 15 is 0 Å². The molecule has 3 aromatic rings. The molecule has 0 spiro atoms. The topological polar surface area (TPSA) is 149 Å². The number of nitrogens with one attached hydrogen (secondary N) is 2. The number of sulfone groups is 1. The number of piperidine rings is 1. The molecule has 1 aromatic heterocycles. The lowest BCUT2D eigenvalue weighted by molar-refractivity contribution is -0.135. The first-order valence-corrected chi connectivity index (χ1v) is 16.2. The summed E-state index contributed by atoms with van der Waals surface area (Å²) >= 11 is 5.85. The highest BCUT2D eigenvalue weighted by Gasteiger charge is 2.31. The van der Waals surface area contributed by atoms with Gasteiger partial charge < -0.3 is 20.6 Å². The Morgan fingerprint density at radius 2 is 1.70 bits per heavy atom. The quantitative estimate of drug-likeness (QED) is 0.323. The average Bonchev–Trinajstić information content (AvgIpc) is 2.99. The molecule has 3 N–H and O–H groups in total. The molecule has 3 heterocycles. The lowest BCUT2D eigenvalue weighted by Crippen LogP contribution is -2.47. The monoisotopic (exact) mass is 625 g/mol. The van der Waals surface area contributed by atoms with Crippen LogP contribution >= 0.6 is 11.6 Å². The number of rotatable bonds is 8. The van der Waals surface area contributed by atoms with Gasteiger partial charge in [-0.3, -0.25) is 19.3 Å². The summed E-state index contributed by atoms with van der Waals surface area (Å²) in [5.74, 6) is -1.14. The van der Waals surface area contributed by atoms with Crippen molar-refractivity contribution in [1.82, 2.24) is 14.8 Å². The van der Waals surface area contributed by atoms with E-state index in [-0.39, 0.29) is 51.7 Å². The second-order valence-corrected chi connectivity index (χ2v) is 13.3. The Morgan fingerprint density at radius 3 is 2.40 bits per heavy atom. The maximum Gasteiger partial charge on any atom is 0.259 e. The van der Waals surface area contributed by atoms with E-state index in [0.29, 0.717) is 44.2 Å². The molecule has 2 fully saturated rings. The number of nitrogens with zero attached hydrogens (tertiary/aromatic N) is 3. The third-order valence-electron chi connectivity index (χ3n) is 7.72. The molecule has 11 nitrogen and oxygen atoms in total. The van der Waals surface area contributed by atoms with Crippen molar-refractivity contribution in [3.8, 4) is 5.75 Å². The van der Waals surface area contributed by atoms with Crippen molar-refractivity contribution < 1.29 is 27.9 Å². The number of amides is 3. The summed E-state index contributed by atoms with van der Waals surface area (Å²) in [6, 6.07) is 14.2. The van der Waals surface area contributed by atoms with Gasteiger partial charge in [0.2, 0.25) is 5.91 Å². The fourth-order valence-electron chi connectivity index (χ4n) is 5.25. The predicted octanol–water partition coefficient (Wildman–Crippen LogP) is 3.38. The Labute approximate surface area is 254 Å². The van der Waals surface area contributed by atoms with Crippen LogP contribution in [0.2, 0.25) is 5.02 Å². The third kappa shape index (κ3) is 7.51. The smallest absolute Gasteiger partial charge is 0.259 e. The normalized spacial score (nSPS) is 18.7. The first kappa shape index (κ1) is 30.5. The van der Waals surface area contributed by atoms with Crippen LogP contribution in [0, 0.1) is 0 Å². The highest BCUT2D eigenvalue weighted by molar-refractivity contribution is 7.91. The van der Waals surface area contributed by atoms with Crippen LogP contribution in [0.1, 0.15) is 45.0 Å². The number of carbonyl (C=O) groups excluding carboxylic acids is 3. The van der Waals surface area contributed by atoms with E-state index in [9.17, 15) is 27.9 Å². The molecule has 0 saturated carbocycles. The number of pyridine rings is 1. The van der Waals surface area contributed by atoms with Gasteiger partial charge in [-0.1, -0.05) is 29.8 Å². The van der Waals surface area contributed by atoms with E-state index in [1.54, 1.807) is 30.3 Å². The summed E-state index contributed by atoms with van der Waals surface area (Å²) in [6.07, 6.45) is 2.93. The Kier molecular flexibility index (Phi) is 9.28. The number of aromatic hydroxyl groups is 1. The number of hydrogen-bond donors (Lipinski definition) is 3. The largest absolute Gasteiger partial charge is 0.506 e. The predicted molar refractivity (Wildman–Crippen MR) is 163 cm³/mol. The van der Waals surface area contributed by atoms with Gasteiger partial charge in [-0.25, -0.2) is 13.4 Å². The molecule has 2 aromatic carbocycles. The first-order valence-electron chi connectivity index (χ1n) is 14.0. The SMILES string of the molecule is O=C(Nc1c(O)cccc1C(=O)Nc1ccc(Cl)cn1)c1ccc(C2CCCN(CCN3CCS(=O)(=O)CC3)C2=O)cc1. The Balaban J connectivity index is 1.22. The number of carbonyl (C=O) groups is 3. The molecule has 5 rings (SSSR count). The number of anilines is 2. The van der Waals surface area contributed by atoms with Crippen molar-refractivity contribution in [2.24, 2.45) is 0 Å². The van der Waals surface area contributed by atoms with E-state index in [1.807, 2.05) is 4.90 Å². The minimum Gasteiger partial charge on any atom is -0.506 e. The van der Waals surface area contributed by atoms with Gasteiger partial charge >= 0.3 is 0 Å². The van der Waals surface area contributed by atoms with Crippen molar-refractivity contribution >= 4 is 50.7 Å². The van der Waals surface area contributed by atoms with Crippen LogP contribution in [0.15, 0.2) is 60.8 Å². The molecular formula is C30H32ClN5O6S. The molecule has 0 radical (unpaired) electrons. The van der Waals surface area contributed by atoms with Crippen LogP contribution in [-0.4, -0.2) is 90.3 Å².